The maximum absolute atomic E-state index is 12.2. The molecule has 0 bridgehead atoms. The van der Waals surface area contributed by atoms with Crippen molar-refractivity contribution in [2.45, 2.75) is 49.6 Å². The molecular weight excluding hydrogens is 270 g/mol. The summed E-state index contributed by atoms with van der Waals surface area (Å²) < 4.78 is 26.9. The Hall–Kier alpha value is -1.41. The number of aromatic nitrogens is 2. The Balaban J connectivity index is 2.17. The molecular formula is C11H17N3O4S. The third-order valence-corrected chi connectivity index (χ3v) is 4.77. The highest BCUT2D eigenvalue weighted by atomic mass is 32.2. The van der Waals surface area contributed by atoms with E-state index in [0.29, 0.717) is 0 Å². The standard InChI is InChI=1S/C11H17N3O4S/c15-11(16)9-7-12-13-10(9)19(17,18)14-8-5-3-1-2-4-6-8/h7-8,14H,1-6H2,(H,12,13)(H,15,16). The third kappa shape index (κ3) is 3.32. The zero-order chi connectivity index (χ0) is 13.9. The van der Waals surface area contributed by atoms with Crippen LogP contribution in [0, 0.1) is 0 Å². The Bertz CT molecular complexity index is 544. The molecule has 0 spiro atoms. The summed E-state index contributed by atoms with van der Waals surface area (Å²) in [4.78, 5) is 10.9. The SMILES string of the molecule is O=C(O)c1cn[nH]c1S(=O)(=O)NC1CCCCCC1. The van der Waals surface area contributed by atoms with E-state index in [0.717, 1.165) is 44.7 Å². The first-order valence-electron chi connectivity index (χ1n) is 6.29. The van der Waals surface area contributed by atoms with E-state index in [1.165, 1.54) is 0 Å². The van der Waals surface area contributed by atoms with Gasteiger partial charge in [0.2, 0.25) is 0 Å². The molecule has 2 rings (SSSR count). The van der Waals surface area contributed by atoms with Gasteiger partial charge in [0.1, 0.15) is 5.56 Å². The number of hydrogen-bond acceptors (Lipinski definition) is 4. The van der Waals surface area contributed by atoms with Crippen LogP contribution in [0.4, 0.5) is 0 Å². The lowest BCUT2D eigenvalue weighted by molar-refractivity contribution is 0.0692. The van der Waals surface area contributed by atoms with E-state index >= 15 is 0 Å². The summed E-state index contributed by atoms with van der Waals surface area (Å²) in [6, 6.07) is -0.127. The minimum absolute atomic E-state index is 0.127. The van der Waals surface area contributed by atoms with E-state index in [-0.39, 0.29) is 16.6 Å². The van der Waals surface area contributed by atoms with E-state index in [1.54, 1.807) is 0 Å². The molecule has 1 aliphatic rings. The summed E-state index contributed by atoms with van der Waals surface area (Å²) in [6.07, 6.45) is 6.78. The zero-order valence-electron chi connectivity index (χ0n) is 10.4. The summed E-state index contributed by atoms with van der Waals surface area (Å²) >= 11 is 0. The van der Waals surface area contributed by atoms with Gasteiger partial charge in [-0.05, 0) is 12.8 Å². The molecule has 0 aromatic carbocycles. The lowest BCUT2D eigenvalue weighted by atomic mass is 10.1. The molecule has 3 N–H and O–H groups in total. The lowest BCUT2D eigenvalue weighted by Gasteiger charge is -2.15. The fraction of sp³-hybridized carbons (Fsp3) is 0.636. The van der Waals surface area contributed by atoms with Crippen molar-refractivity contribution in [2.24, 2.45) is 0 Å². The molecule has 1 aliphatic carbocycles. The van der Waals surface area contributed by atoms with Crippen LogP contribution in [0.5, 0.6) is 0 Å². The van der Waals surface area contributed by atoms with Crippen molar-refractivity contribution in [3.05, 3.63) is 11.8 Å². The van der Waals surface area contributed by atoms with Crippen molar-refractivity contribution in [2.75, 3.05) is 0 Å². The minimum atomic E-state index is -3.86. The number of carboxylic acid groups (broad SMARTS) is 1. The molecule has 1 aromatic heterocycles. The smallest absolute Gasteiger partial charge is 0.340 e. The Morgan fingerprint density at radius 1 is 1.32 bits per heavy atom. The molecule has 1 heterocycles. The summed E-state index contributed by atoms with van der Waals surface area (Å²) in [5.41, 5.74) is -0.332. The number of hydrogen-bond donors (Lipinski definition) is 3. The molecule has 8 heteroatoms. The average Bonchev–Trinajstić information content (AvgIpc) is 2.71. The predicted octanol–water partition coefficient (Wildman–Crippen LogP) is 1.11. The molecule has 106 valence electrons. The maximum atomic E-state index is 12.2. The van der Waals surface area contributed by atoms with Gasteiger partial charge in [0.25, 0.3) is 10.0 Å². The first-order chi connectivity index (χ1) is 9.00. The fourth-order valence-corrected chi connectivity index (χ4v) is 3.70. The van der Waals surface area contributed by atoms with Gasteiger partial charge in [-0.15, -0.1) is 0 Å². The number of H-pyrrole nitrogens is 1. The summed E-state index contributed by atoms with van der Waals surface area (Å²) in [5, 5.41) is 14.3. The average molecular weight is 287 g/mol. The maximum Gasteiger partial charge on any atom is 0.340 e. The number of nitrogens with zero attached hydrogens (tertiary/aromatic N) is 1. The largest absolute Gasteiger partial charge is 0.478 e. The number of carbonyl (C=O) groups is 1. The van der Waals surface area contributed by atoms with Gasteiger partial charge in [0.15, 0.2) is 5.03 Å². The Morgan fingerprint density at radius 3 is 2.53 bits per heavy atom. The van der Waals surface area contributed by atoms with Gasteiger partial charge >= 0.3 is 5.97 Å². The molecule has 0 aliphatic heterocycles. The summed E-state index contributed by atoms with van der Waals surface area (Å²) in [7, 11) is -3.86. The third-order valence-electron chi connectivity index (χ3n) is 3.28. The zero-order valence-corrected chi connectivity index (χ0v) is 11.2. The number of nitrogens with one attached hydrogen (secondary N) is 2. The van der Waals surface area contributed by atoms with Crippen LogP contribution in [-0.4, -0.2) is 35.7 Å². The quantitative estimate of drug-likeness (QED) is 0.718. The molecule has 0 radical (unpaired) electrons. The highest BCUT2D eigenvalue weighted by Crippen LogP contribution is 2.20. The molecule has 1 fully saturated rings. The second-order valence-electron chi connectivity index (χ2n) is 4.73. The van der Waals surface area contributed by atoms with Gasteiger partial charge in [-0.3, -0.25) is 5.10 Å². The van der Waals surface area contributed by atoms with Gasteiger partial charge < -0.3 is 5.11 Å². The number of sulfonamides is 1. The van der Waals surface area contributed by atoms with E-state index in [9.17, 15) is 13.2 Å². The second-order valence-corrected chi connectivity index (χ2v) is 6.38. The molecule has 0 amide bonds. The van der Waals surface area contributed by atoms with Gasteiger partial charge in [-0.25, -0.2) is 17.9 Å². The molecule has 1 aromatic rings. The van der Waals surface area contributed by atoms with Crippen molar-refractivity contribution in [3.8, 4) is 0 Å². The fourth-order valence-electron chi connectivity index (χ4n) is 2.31. The van der Waals surface area contributed by atoms with Crippen LogP contribution in [0.2, 0.25) is 0 Å². The monoisotopic (exact) mass is 287 g/mol. The van der Waals surface area contributed by atoms with Crippen molar-refractivity contribution < 1.29 is 18.3 Å². The molecule has 1 saturated carbocycles. The number of rotatable bonds is 4. The van der Waals surface area contributed by atoms with E-state index in [2.05, 4.69) is 14.9 Å². The summed E-state index contributed by atoms with van der Waals surface area (Å²) in [6.45, 7) is 0. The van der Waals surface area contributed by atoms with Crippen LogP contribution in [-0.2, 0) is 10.0 Å². The first-order valence-corrected chi connectivity index (χ1v) is 7.78. The van der Waals surface area contributed by atoms with Gasteiger partial charge in [-0.2, -0.15) is 5.10 Å². The Morgan fingerprint density at radius 2 is 1.95 bits per heavy atom. The molecule has 0 unspecified atom stereocenters. The predicted molar refractivity (Wildman–Crippen MR) is 67.4 cm³/mol. The van der Waals surface area contributed by atoms with Crippen molar-refractivity contribution in [1.29, 1.82) is 0 Å². The van der Waals surface area contributed by atoms with Crippen molar-refractivity contribution in [1.82, 2.24) is 14.9 Å². The van der Waals surface area contributed by atoms with Crippen molar-refractivity contribution >= 4 is 16.0 Å². The topological polar surface area (TPSA) is 112 Å². The van der Waals surface area contributed by atoms with Crippen LogP contribution >= 0.6 is 0 Å². The van der Waals surface area contributed by atoms with E-state index in [4.69, 9.17) is 5.11 Å². The molecule has 7 nitrogen and oxygen atoms in total. The normalized spacial score (nSPS) is 18.1. The number of aromatic carboxylic acids is 1. The minimum Gasteiger partial charge on any atom is -0.478 e. The van der Waals surface area contributed by atoms with E-state index in [1.807, 2.05) is 0 Å². The van der Waals surface area contributed by atoms with Gasteiger partial charge in [0, 0.05) is 6.04 Å². The number of carboxylic acids is 1. The van der Waals surface area contributed by atoms with Gasteiger partial charge in [0.05, 0.1) is 6.20 Å². The second kappa shape index (κ2) is 5.70. The Kier molecular flexibility index (Phi) is 4.20. The Labute approximate surface area is 111 Å². The van der Waals surface area contributed by atoms with Crippen LogP contribution in [0.3, 0.4) is 0 Å². The van der Waals surface area contributed by atoms with E-state index < -0.39 is 16.0 Å². The van der Waals surface area contributed by atoms with Crippen LogP contribution in [0.15, 0.2) is 11.2 Å². The molecule has 0 saturated heterocycles. The highest BCUT2D eigenvalue weighted by Gasteiger charge is 2.27. The van der Waals surface area contributed by atoms with Crippen LogP contribution in [0.1, 0.15) is 48.9 Å². The lowest BCUT2D eigenvalue weighted by Crippen LogP contribution is -2.35. The van der Waals surface area contributed by atoms with Gasteiger partial charge in [-0.1, -0.05) is 25.7 Å². The molecule has 0 atom stereocenters. The van der Waals surface area contributed by atoms with Crippen molar-refractivity contribution in [3.63, 3.8) is 0 Å². The summed E-state index contributed by atoms with van der Waals surface area (Å²) in [5.74, 6) is -1.31. The number of aromatic amines is 1. The van der Waals surface area contributed by atoms with Crippen LogP contribution in [0.25, 0.3) is 0 Å². The first kappa shape index (κ1) is 14.0. The highest BCUT2D eigenvalue weighted by molar-refractivity contribution is 7.89. The van der Waals surface area contributed by atoms with Crippen LogP contribution < -0.4 is 4.72 Å². The molecule has 19 heavy (non-hydrogen) atoms.